The van der Waals surface area contributed by atoms with Crippen LogP contribution in [0.1, 0.15) is 23.2 Å². The molecule has 0 fully saturated rings. The number of rotatable bonds is 8. The Balaban J connectivity index is 1.64. The van der Waals surface area contributed by atoms with Crippen LogP contribution in [0, 0.1) is 12.7 Å². The lowest BCUT2D eigenvalue weighted by Gasteiger charge is -2.12. The normalized spacial score (nSPS) is 11.3. The Hall–Kier alpha value is -3.00. The highest BCUT2D eigenvalue weighted by Crippen LogP contribution is 2.23. The van der Waals surface area contributed by atoms with Crippen molar-refractivity contribution in [2.75, 3.05) is 13.1 Å². The van der Waals surface area contributed by atoms with E-state index in [-0.39, 0.29) is 5.82 Å². The fourth-order valence-electron chi connectivity index (χ4n) is 2.62. The van der Waals surface area contributed by atoms with Gasteiger partial charge in [0.1, 0.15) is 11.6 Å². The van der Waals surface area contributed by atoms with Crippen LogP contribution in [0.2, 0.25) is 0 Å². The van der Waals surface area contributed by atoms with Crippen molar-refractivity contribution >= 4 is 17.3 Å². The second-order valence-corrected chi connectivity index (χ2v) is 7.32. The van der Waals surface area contributed by atoms with Crippen LogP contribution in [0.5, 0.6) is 11.6 Å². The molecule has 0 amide bonds. The van der Waals surface area contributed by atoms with Crippen LogP contribution in [0.3, 0.4) is 0 Å². The third kappa shape index (κ3) is 6.53. The molecule has 6 nitrogen and oxygen atoms in total. The smallest absolute Gasteiger partial charge is 0.224 e. The summed E-state index contributed by atoms with van der Waals surface area (Å²) >= 11 is 1.66. The third-order valence-electron chi connectivity index (χ3n) is 3.95. The highest BCUT2D eigenvalue weighted by Gasteiger charge is 2.07. The first-order valence-electron chi connectivity index (χ1n) is 9.44. The molecule has 0 aliphatic carbocycles. The minimum atomic E-state index is -0.355. The highest BCUT2D eigenvalue weighted by atomic mass is 32.1. The zero-order valence-electron chi connectivity index (χ0n) is 16.5. The van der Waals surface area contributed by atoms with Crippen molar-refractivity contribution in [3.05, 3.63) is 70.1 Å². The molecule has 0 bridgehead atoms. The zero-order valence-corrected chi connectivity index (χ0v) is 17.3. The van der Waals surface area contributed by atoms with E-state index in [0.29, 0.717) is 24.1 Å². The molecule has 1 aromatic carbocycles. The summed E-state index contributed by atoms with van der Waals surface area (Å²) < 4.78 is 19.2. The Morgan fingerprint density at radius 2 is 2.14 bits per heavy atom. The minimum Gasteiger partial charge on any atom is -0.439 e. The van der Waals surface area contributed by atoms with E-state index in [0.717, 1.165) is 35.8 Å². The molecule has 152 valence electrons. The van der Waals surface area contributed by atoms with Crippen molar-refractivity contribution in [3.63, 3.8) is 0 Å². The van der Waals surface area contributed by atoms with Crippen LogP contribution < -0.4 is 15.4 Å². The van der Waals surface area contributed by atoms with E-state index in [1.165, 1.54) is 12.1 Å². The van der Waals surface area contributed by atoms with Crippen LogP contribution >= 0.6 is 11.3 Å². The molecule has 3 rings (SSSR count). The molecule has 0 aliphatic rings. The number of halogens is 1. The molecular weight excluding hydrogens is 389 g/mol. The SMILES string of the molecule is CCNC(=NCc1cccnc1Oc1cccc(F)c1)NCCc1csc(C)n1. The molecule has 0 atom stereocenters. The zero-order chi connectivity index (χ0) is 20.5. The lowest BCUT2D eigenvalue weighted by molar-refractivity contribution is 0.452. The molecule has 0 saturated heterocycles. The maximum absolute atomic E-state index is 13.4. The lowest BCUT2D eigenvalue weighted by atomic mass is 10.2. The van der Waals surface area contributed by atoms with E-state index >= 15 is 0 Å². The number of ether oxygens (including phenoxy) is 1. The van der Waals surface area contributed by atoms with Gasteiger partial charge in [-0.15, -0.1) is 11.3 Å². The van der Waals surface area contributed by atoms with E-state index in [1.807, 2.05) is 26.0 Å². The average molecular weight is 414 g/mol. The van der Waals surface area contributed by atoms with Gasteiger partial charge in [0.05, 0.1) is 17.2 Å². The Morgan fingerprint density at radius 3 is 2.90 bits per heavy atom. The number of guanidine groups is 1. The molecule has 2 aromatic heterocycles. The van der Waals surface area contributed by atoms with Crippen molar-refractivity contribution in [2.45, 2.75) is 26.8 Å². The van der Waals surface area contributed by atoms with Crippen molar-refractivity contribution < 1.29 is 9.13 Å². The molecule has 2 N–H and O–H groups in total. The van der Waals surface area contributed by atoms with Gasteiger partial charge in [-0.25, -0.2) is 19.4 Å². The number of hydrogen-bond acceptors (Lipinski definition) is 5. The third-order valence-corrected chi connectivity index (χ3v) is 4.77. The predicted molar refractivity (Wildman–Crippen MR) is 114 cm³/mol. The van der Waals surface area contributed by atoms with Gasteiger partial charge < -0.3 is 15.4 Å². The van der Waals surface area contributed by atoms with Gasteiger partial charge in [-0.2, -0.15) is 0 Å². The Labute approximate surface area is 173 Å². The maximum atomic E-state index is 13.4. The molecule has 29 heavy (non-hydrogen) atoms. The molecule has 0 aliphatic heterocycles. The number of pyridine rings is 1. The minimum absolute atomic E-state index is 0.355. The standard InChI is InChI=1S/C21H24FN5OS/c1-3-23-21(25-11-9-18-14-29-15(2)27-18)26-13-16-6-5-10-24-20(16)28-19-8-4-7-17(22)12-19/h4-8,10,12,14H,3,9,11,13H2,1-2H3,(H2,23,25,26). The first-order valence-corrected chi connectivity index (χ1v) is 10.3. The molecule has 0 radical (unpaired) electrons. The van der Waals surface area contributed by atoms with Gasteiger partial charge >= 0.3 is 0 Å². The molecule has 0 spiro atoms. The van der Waals surface area contributed by atoms with Crippen LogP contribution in [0.25, 0.3) is 0 Å². The number of aliphatic imine (C=N–C) groups is 1. The molecule has 2 heterocycles. The maximum Gasteiger partial charge on any atom is 0.224 e. The first-order chi connectivity index (χ1) is 14.1. The second-order valence-electron chi connectivity index (χ2n) is 6.26. The largest absolute Gasteiger partial charge is 0.439 e. The summed E-state index contributed by atoms with van der Waals surface area (Å²) in [5, 5.41) is 9.70. The number of aryl methyl sites for hydroxylation is 1. The topological polar surface area (TPSA) is 71.4 Å². The number of hydrogen-bond donors (Lipinski definition) is 2. The number of aromatic nitrogens is 2. The van der Waals surface area contributed by atoms with Gasteiger partial charge in [-0.05, 0) is 32.0 Å². The van der Waals surface area contributed by atoms with Crippen LogP contribution in [-0.4, -0.2) is 29.0 Å². The number of thiazole rings is 1. The van der Waals surface area contributed by atoms with Crippen LogP contribution in [0.4, 0.5) is 4.39 Å². The van der Waals surface area contributed by atoms with Gasteiger partial charge in [0, 0.05) is 42.7 Å². The number of benzene rings is 1. The van der Waals surface area contributed by atoms with Gasteiger partial charge in [0.15, 0.2) is 5.96 Å². The van der Waals surface area contributed by atoms with E-state index in [1.54, 1.807) is 29.7 Å². The Morgan fingerprint density at radius 1 is 1.24 bits per heavy atom. The summed E-state index contributed by atoms with van der Waals surface area (Å²) in [6.45, 7) is 5.88. The molecular formula is C21H24FN5OS. The fraction of sp³-hybridized carbons (Fsp3) is 0.286. The van der Waals surface area contributed by atoms with E-state index in [4.69, 9.17) is 4.74 Å². The number of nitrogens with zero attached hydrogens (tertiary/aromatic N) is 3. The van der Waals surface area contributed by atoms with E-state index in [2.05, 4.69) is 31.0 Å². The summed E-state index contributed by atoms with van der Waals surface area (Å²) in [6.07, 6.45) is 2.47. The quantitative estimate of drug-likeness (QED) is 0.430. The monoisotopic (exact) mass is 413 g/mol. The molecule has 0 saturated carbocycles. The van der Waals surface area contributed by atoms with Crippen LogP contribution in [0.15, 0.2) is 53.0 Å². The van der Waals surface area contributed by atoms with Crippen molar-refractivity contribution in [1.29, 1.82) is 0 Å². The fourth-order valence-corrected chi connectivity index (χ4v) is 3.26. The first kappa shape index (κ1) is 20.7. The number of nitrogens with one attached hydrogen (secondary N) is 2. The van der Waals surface area contributed by atoms with Crippen molar-refractivity contribution in [1.82, 2.24) is 20.6 Å². The molecule has 8 heteroatoms. The van der Waals surface area contributed by atoms with E-state index in [9.17, 15) is 4.39 Å². The molecule has 0 unspecified atom stereocenters. The predicted octanol–water partition coefficient (Wildman–Crippen LogP) is 4.08. The summed E-state index contributed by atoms with van der Waals surface area (Å²) in [4.78, 5) is 13.4. The Kier molecular flexibility index (Phi) is 7.52. The van der Waals surface area contributed by atoms with Gasteiger partial charge in [-0.3, -0.25) is 0 Å². The van der Waals surface area contributed by atoms with Gasteiger partial charge in [0.25, 0.3) is 0 Å². The van der Waals surface area contributed by atoms with E-state index < -0.39 is 0 Å². The van der Waals surface area contributed by atoms with Crippen molar-refractivity contribution in [3.8, 4) is 11.6 Å². The highest BCUT2D eigenvalue weighted by molar-refractivity contribution is 7.09. The second kappa shape index (κ2) is 10.5. The van der Waals surface area contributed by atoms with Gasteiger partial charge in [0.2, 0.25) is 5.88 Å². The summed E-state index contributed by atoms with van der Waals surface area (Å²) in [7, 11) is 0. The van der Waals surface area contributed by atoms with Gasteiger partial charge in [-0.1, -0.05) is 12.1 Å². The Bertz CT molecular complexity index is 960. The summed E-state index contributed by atoms with van der Waals surface area (Å²) in [5.41, 5.74) is 1.89. The summed E-state index contributed by atoms with van der Waals surface area (Å²) in [6, 6.07) is 9.71. The summed E-state index contributed by atoms with van der Waals surface area (Å²) in [5.74, 6) is 1.17. The lowest BCUT2D eigenvalue weighted by Crippen LogP contribution is -2.38. The van der Waals surface area contributed by atoms with Crippen molar-refractivity contribution in [2.24, 2.45) is 4.99 Å². The average Bonchev–Trinajstić information content (AvgIpc) is 3.12. The van der Waals surface area contributed by atoms with Crippen LogP contribution in [-0.2, 0) is 13.0 Å². The molecule has 3 aromatic rings.